The Balaban J connectivity index is 4.24. The summed E-state index contributed by atoms with van der Waals surface area (Å²) < 4.78 is 12.5. The zero-order valence-electron chi connectivity index (χ0n) is 8.06. The summed E-state index contributed by atoms with van der Waals surface area (Å²) in [6, 6.07) is 0.724. The Labute approximate surface area is 68.9 Å². The minimum absolute atomic E-state index is 0.132. The van der Waals surface area contributed by atoms with Gasteiger partial charge in [0.25, 0.3) is 0 Å². The van der Waals surface area contributed by atoms with Crippen molar-refractivity contribution in [1.29, 1.82) is 0 Å². The monoisotopic (exact) mass is 159 g/mol. The van der Waals surface area contributed by atoms with Crippen molar-refractivity contribution in [1.82, 2.24) is 4.90 Å². The minimum atomic E-state index is -0.132. The second-order valence-electron chi connectivity index (χ2n) is 3.35. The van der Waals surface area contributed by atoms with Crippen LogP contribution in [0.5, 0.6) is 0 Å². The number of allylic oxidation sites excluding steroid dienone is 1. The highest BCUT2D eigenvalue weighted by atomic mass is 19.1. The lowest BCUT2D eigenvalue weighted by Crippen LogP contribution is -2.32. The van der Waals surface area contributed by atoms with E-state index in [-0.39, 0.29) is 5.83 Å². The van der Waals surface area contributed by atoms with Gasteiger partial charge in [0.15, 0.2) is 0 Å². The van der Waals surface area contributed by atoms with Crippen molar-refractivity contribution < 1.29 is 4.39 Å². The fourth-order valence-corrected chi connectivity index (χ4v) is 1.10. The fraction of sp³-hybridized carbons (Fsp3) is 0.778. The first kappa shape index (κ1) is 10.5. The van der Waals surface area contributed by atoms with Gasteiger partial charge in [-0.15, -0.1) is 0 Å². The van der Waals surface area contributed by atoms with Crippen molar-refractivity contribution in [2.45, 2.75) is 46.7 Å². The largest absolute Gasteiger partial charge is 0.370 e. The molecule has 0 rings (SSSR count). The normalized spacial score (nSPS) is 12.9. The molecule has 0 fully saturated rings. The molecule has 0 bridgehead atoms. The number of hydrogen-bond acceptors (Lipinski definition) is 1. The average molecular weight is 159 g/mol. The van der Waals surface area contributed by atoms with Crippen molar-refractivity contribution in [2.75, 3.05) is 0 Å². The van der Waals surface area contributed by atoms with Crippen LogP contribution in [-0.2, 0) is 0 Å². The first-order chi connectivity index (χ1) is 4.95. The second kappa shape index (κ2) is 4.37. The predicted octanol–water partition coefficient (Wildman–Crippen LogP) is 2.94. The smallest absolute Gasteiger partial charge is 0.113 e. The van der Waals surface area contributed by atoms with Gasteiger partial charge in [-0.25, -0.2) is 4.39 Å². The quantitative estimate of drug-likeness (QED) is 0.612. The molecular weight excluding hydrogens is 141 g/mol. The number of rotatable bonds is 3. The molecule has 0 saturated heterocycles. The van der Waals surface area contributed by atoms with E-state index in [0.717, 1.165) is 0 Å². The molecule has 0 aliphatic carbocycles. The van der Waals surface area contributed by atoms with Crippen LogP contribution in [0.2, 0.25) is 0 Å². The topological polar surface area (TPSA) is 3.24 Å². The van der Waals surface area contributed by atoms with Crippen LogP contribution in [0, 0.1) is 0 Å². The first-order valence-corrected chi connectivity index (χ1v) is 4.06. The summed E-state index contributed by atoms with van der Waals surface area (Å²) in [5.74, 6) is -0.132. The van der Waals surface area contributed by atoms with E-state index in [4.69, 9.17) is 0 Å². The van der Waals surface area contributed by atoms with Gasteiger partial charge in [0.1, 0.15) is 5.83 Å². The van der Waals surface area contributed by atoms with E-state index in [1.165, 1.54) is 6.92 Å². The van der Waals surface area contributed by atoms with E-state index in [0.29, 0.717) is 12.1 Å². The number of halogens is 1. The van der Waals surface area contributed by atoms with Crippen LogP contribution >= 0.6 is 0 Å². The Morgan fingerprint density at radius 1 is 1.18 bits per heavy atom. The van der Waals surface area contributed by atoms with E-state index in [2.05, 4.69) is 27.7 Å². The van der Waals surface area contributed by atoms with Crippen molar-refractivity contribution in [3.8, 4) is 0 Å². The van der Waals surface area contributed by atoms with Crippen LogP contribution in [0.3, 0.4) is 0 Å². The molecule has 11 heavy (non-hydrogen) atoms. The molecule has 2 heteroatoms. The van der Waals surface area contributed by atoms with Crippen molar-refractivity contribution in [3.63, 3.8) is 0 Å². The first-order valence-electron chi connectivity index (χ1n) is 4.06. The lowest BCUT2D eigenvalue weighted by molar-refractivity contribution is 0.249. The van der Waals surface area contributed by atoms with Gasteiger partial charge < -0.3 is 4.90 Å². The van der Waals surface area contributed by atoms with Crippen molar-refractivity contribution >= 4 is 0 Å². The van der Waals surface area contributed by atoms with Gasteiger partial charge in [0.2, 0.25) is 0 Å². The molecule has 0 aromatic carbocycles. The van der Waals surface area contributed by atoms with E-state index in [1.807, 2.05) is 4.90 Å². The summed E-state index contributed by atoms with van der Waals surface area (Å²) >= 11 is 0. The zero-order valence-corrected chi connectivity index (χ0v) is 8.06. The van der Waals surface area contributed by atoms with Gasteiger partial charge in [-0.3, -0.25) is 0 Å². The zero-order chi connectivity index (χ0) is 9.02. The third kappa shape index (κ3) is 4.02. The average Bonchev–Trinajstić information content (AvgIpc) is 1.81. The molecule has 66 valence electrons. The summed E-state index contributed by atoms with van der Waals surface area (Å²) in [5, 5.41) is 0. The summed E-state index contributed by atoms with van der Waals surface area (Å²) in [6.45, 7) is 9.69. The third-order valence-corrected chi connectivity index (χ3v) is 1.52. The molecule has 0 radical (unpaired) electrons. The van der Waals surface area contributed by atoms with E-state index in [9.17, 15) is 4.39 Å². The van der Waals surface area contributed by atoms with Gasteiger partial charge in [-0.1, -0.05) is 0 Å². The van der Waals surface area contributed by atoms with Crippen molar-refractivity contribution in [2.24, 2.45) is 0 Å². The molecule has 0 aromatic heterocycles. The van der Waals surface area contributed by atoms with E-state index >= 15 is 0 Å². The van der Waals surface area contributed by atoms with Crippen LogP contribution in [0.4, 0.5) is 4.39 Å². The standard InChI is InChI=1S/C9H18FN/c1-7(2)11(8(3)4)6-9(5)10/h6-8H,1-5H3. The second-order valence-corrected chi connectivity index (χ2v) is 3.35. The predicted molar refractivity (Wildman–Crippen MR) is 47.0 cm³/mol. The third-order valence-electron chi connectivity index (χ3n) is 1.52. The maximum absolute atomic E-state index is 12.5. The molecule has 0 heterocycles. The fourth-order valence-electron chi connectivity index (χ4n) is 1.10. The highest BCUT2D eigenvalue weighted by Gasteiger charge is 2.08. The van der Waals surface area contributed by atoms with Crippen LogP contribution in [-0.4, -0.2) is 17.0 Å². The summed E-state index contributed by atoms with van der Waals surface area (Å²) in [7, 11) is 0. The Morgan fingerprint density at radius 3 is 1.64 bits per heavy atom. The number of hydrogen-bond donors (Lipinski definition) is 0. The van der Waals surface area contributed by atoms with Crippen LogP contribution in [0.15, 0.2) is 12.0 Å². The Kier molecular flexibility index (Phi) is 4.16. The minimum Gasteiger partial charge on any atom is -0.370 e. The van der Waals surface area contributed by atoms with Gasteiger partial charge in [0, 0.05) is 18.3 Å². The Bertz CT molecular complexity index is 126. The maximum Gasteiger partial charge on any atom is 0.113 e. The van der Waals surface area contributed by atoms with Crippen LogP contribution in [0.1, 0.15) is 34.6 Å². The van der Waals surface area contributed by atoms with E-state index in [1.54, 1.807) is 6.20 Å². The molecule has 0 spiro atoms. The van der Waals surface area contributed by atoms with Gasteiger partial charge >= 0.3 is 0 Å². The molecule has 0 aliphatic heterocycles. The molecule has 0 aromatic rings. The summed E-state index contributed by atoms with van der Waals surface area (Å²) in [4.78, 5) is 2.00. The molecule has 0 saturated carbocycles. The van der Waals surface area contributed by atoms with Crippen molar-refractivity contribution in [3.05, 3.63) is 12.0 Å². The van der Waals surface area contributed by atoms with Gasteiger partial charge in [0.05, 0.1) is 0 Å². The summed E-state index contributed by atoms with van der Waals surface area (Å²) in [6.07, 6.45) is 1.56. The molecule has 0 atom stereocenters. The highest BCUT2D eigenvalue weighted by molar-refractivity contribution is 4.89. The Morgan fingerprint density at radius 2 is 1.55 bits per heavy atom. The molecule has 0 amide bonds. The summed E-state index contributed by atoms with van der Waals surface area (Å²) in [5.41, 5.74) is 0. The van der Waals surface area contributed by atoms with E-state index < -0.39 is 0 Å². The lowest BCUT2D eigenvalue weighted by atomic mass is 10.2. The van der Waals surface area contributed by atoms with Gasteiger partial charge in [-0.2, -0.15) is 0 Å². The van der Waals surface area contributed by atoms with Crippen LogP contribution in [0.25, 0.3) is 0 Å². The van der Waals surface area contributed by atoms with Gasteiger partial charge in [-0.05, 0) is 34.6 Å². The SMILES string of the molecule is CC(F)=CN(C(C)C)C(C)C. The molecule has 1 nitrogen and oxygen atoms in total. The molecular formula is C9H18FN. The Hall–Kier alpha value is -0.530. The molecule has 0 N–H and O–H groups in total. The molecule has 0 aliphatic rings. The lowest BCUT2D eigenvalue weighted by Gasteiger charge is -2.29. The maximum atomic E-state index is 12.5. The van der Waals surface area contributed by atoms with Crippen LogP contribution < -0.4 is 0 Å². The molecule has 0 unspecified atom stereocenters. The highest BCUT2D eigenvalue weighted by Crippen LogP contribution is 2.08. The number of nitrogens with zero attached hydrogens (tertiary/aromatic N) is 1.